The molecule has 7 nitrogen and oxygen atoms in total. The molecule has 0 spiro atoms. The molecule has 0 unspecified atom stereocenters. The van der Waals surface area contributed by atoms with Crippen LogP contribution in [0.2, 0.25) is 0 Å². The van der Waals surface area contributed by atoms with Gasteiger partial charge in [-0.2, -0.15) is 0 Å². The number of carbonyl (C=O) groups excluding carboxylic acids is 1. The largest absolute Gasteiger partial charge is 0.497 e. The molecule has 0 aliphatic carbocycles. The standard InChI is InChI=1S/C26H22N2O5S/c1-30-20-6-2-4-18(10-20)14-31-21-7-3-5-19(12-21)26-28-22(15-34-26)25(29)27-13-17-8-9-23-24(11-17)33-16-32-23/h2-12,15H,13-14,16H2,1H3,(H,27,29). The van der Waals surface area contributed by atoms with Gasteiger partial charge in [0.1, 0.15) is 28.8 Å². The lowest BCUT2D eigenvalue weighted by Gasteiger charge is -2.08. The van der Waals surface area contributed by atoms with Gasteiger partial charge in [0.2, 0.25) is 6.79 Å². The third-order valence-electron chi connectivity index (χ3n) is 5.25. The van der Waals surface area contributed by atoms with Gasteiger partial charge in [0.05, 0.1) is 7.11 Å². The molecule has 0 fully saturated rings. The highest BCUT2D eigenvalue weighted by atomic mass is 32.1. The molecule has 0 radical (unpaired) electrons. The first kappa shape index (κ1) is 21.8. The van der Waals surface area contributed by atoms with Crippen molar-refractivity contribution in [3.8, 4) is 33.6 Å². The van der Waals surface area contributed by atoms with E-state index in [1.165, 1.54) is 11.3 Å². The molecule has 0 bridgehead atoms. The first-order valence-corrected chi connectivity index (χ1v) is 11.5. The summed E-state index contributed by atoms with van der Waals surface area (Å²) in [4.78, 5) is 17.1. The van der Waals surface area contributed by atoms with Gasteiger partial charge in [0.25, 0.3) is 5.91 Å². The van der Waals surface area contributed by atoms with Gasteiger partial charge in [-0.3, -0.25) is 4.79 Å². The highest BCUT2D eigenvalue weighted by molar-refractivity contribution is 7.13. The number of rotatable bonds is 8. The number of ether oxygens (including phenoxy) is 4. The highest BCUT2D eigenvalue weighted by Gasteiger charge is 2.15. The smallest absolute Gasteiger partial charge is 0.271 e. The van der Waals surface area contributed by atoms with Crippen molar-refractivity contribution in [1.29, 1.82) is 0 Å². The van der Waals surface area contributed by atoms with Crippen molar-refractivity contribution in [2.24, 2.45) is 0 Å². The third-order valence-corrected chi connectivity index (χ3v) is 6.14. The topological polar surface area (TPSA) is 78.9 Å². The van der Waals surface area contributed by atoms with Gasteiger partial charge in [-0.25, -0.2) is 4.98 Å². The molecule has 1 aliphatic heterocycles. The summed E-state index contributed by atoms with van der Waals surface area (Å²) in [6.45, 7) is 1.02. The van der Waals surface area contributed by atoms with Gasteiger partial charge in [-0.05, 0) is 47.5 Å². The van der Waals surface area contributed by atoms with E-state index in [0.29, 0.717) is 30.3 Å². The maximum atomic E-state index is 12.6. The van der Waals surface area contributed by atoms with Crippen LogP contribution in [-0.4, -0.2) is 24.8 Å². The first-order chi connectivity index (χ1) is 16.7. The van der Waals surface area contributed by atoms with E-state index in [1.807, 2.05) is 66.7 Å². The second-order valence-electron chi connectivity index (χ2n) is 7.58. The lowest BCUT2D eigenvalue weighted by atomic mass is 10.2. The van der Waals surface area contributed by atoms with Crippen molar-refractivity contribution in [3.05, 3.63) is 88.9 Å². The number of carbonyl (C=O) groups is 1. The molecule has 4 aromatic rings. The Hall–Kier alpha value is -4.04. The number of benzene rings is 3. The minimum atomic E-state index is -0.231. The number of hydrogen-bond acceptors (Lipinski definition) is 7. The number of hydrogen-bond donors (Lipinski definition) is 1. The Morgan fingerprint density at radius 2 is 1.85 bits per heavy atom. The summed E-state index contributed by atoms with van der Waals surface area (Å²) >= 11 is 1.42. The van der Waals surface area contributed by atoms with Crippen LogP contribution in [0.4, 0.5) is 0 Å². The second kappa shape index (κ2) is 9.84. The average Bonchev–Trinajstić information content (AvgIpc) is 3.56. The molecule has 0 saturated carbocycles. The number of nitrogens with one attached hydrogen (secondary N) is 1. The van der Waals surface area contributed by atoms with Crippen LogP contribution in [0.3, 0.4) is 0 Å². The molecule has 1 aliphatic rings. The summed E-state index contributed by atoms with van der Waals surface area (Å²) in [7, 11) is 1.64. The van der Waals surface area contributed by atoms with Crippen molar-refractivity contribution >= 4 is 17.2 Å². The fourth-order valence-electron chi connectivity index (χ4n) is 3.48. The molecule has 1 aromatic heterocycles. The zero-order valence-electron chi connectivity index (χ0n) is 18.4. The molecule has 1 N–H and O–H groups in total. The van der Waals surface area contributed by atoms with Crippen molar-refractivity contribution in [3.63, 3.8) is 0 Å². The first-order valence-electron chi connectivity index (χ1n) is 10.7. The summed E-state index contributed by atoms with van der Waals surface area (Å²) in [6, 6.07) is 21.1. The van der Waals surface area contributed by atoms with Crippen molar-refractivity contribution in [2.75, 3.05) is 13.9 Å². The molecule has 34 heavy (non-hydrogen) atoms. The van der Waals surface area contributed by atoms with E-state index in [0.717, 1.165) is 33.2 Å². The van der Waals surface area contributed by atoms with Gasteiger partial charge in [-0.1, -0.05) is 30.3 Å². The SMILES string of the molecule is COc1cccc(COc2cccc(-c3nc(C(=O)NCc4ccc5c(c4)OCO5)cs3)c2)c1. The molecule has 172 valence electrons. The summed E-state index contributed by atoms with van der Waals surface area (Å²) in [5.41, 5.74) is 3.21. The number of methoxy groups -OCH3 is 1. The van der Waals surface area contributed by atoms with Gasteiger partial charge in [0, 0.05) is 17.5 Å². The van der Waals surface area contributed by atoms with Crippen LogP contribution in [0.25, 0.3) is 10.6 Å². The van der Waals surface area contributed by atoms with E-state index in [2.05, 4.69) is 10.3 Å². The van der Waals surface area contributed by atoms with E-state index in [-0.39, 0.29) is 12.7 Å². The minimum absolute atomic E-state index is 0.222. The van der Waals surface area contributed by atoms with Gasteiger partial charge in [0.15, 0.2) is 11.5 Å². The van der Waals surface area contributed by atoms with Crippen LogP contribution < -0.4 is 24.3 Å². The Kier molecular flexibility index (Phi) is 6.31. The maximum absolute atomic E-state index is 12.6. The monoisotopic (exact) mass is 474 g/mol. The molecule has 8 heteroatoms. The molecular formula is C26H22N2O5S. The van der Waals surface area contributed by atoms with E-state index in [1.54, 1.807) is 12.5 Å². The zero-order valence-corrected chi connectivity index (χ0v) is 19.3. The number of aromatic nitrogens is 1. The fourth-order valence-corrected chi connectivity index (χ4v) is 4.28. The van der Waals surface area contributed by atoms with Crippen molar-refractivity contribution in [1.82, 2.24) is 10.3 Å². The average molecular weight is 475 g/mol. The Balaban J connectivity index is 1.21. The number of nitrogens with zero attached hydrogens (tertiary/aromatic N) is 1. The zero-order chi connectivity index (χ0) is 23.3. The summed E-state index contributed by atoms with van der Waals surface area (Å²) in [5, 5.41) is 5.41. The quantitative estimate of drug-likeness (QED) is 0.385. The molecule has 5 rings (SSSR count). The van der Waals surface area contributed by atoms with Crippen LogP contribution in [0.1, 0.15) is 21.6 Å². The lowest BCUT2D eigenvalue weighted by molar-refractivity contribution is 0.0946. The molecular weight excluding hydrogens is 452 g/mol. The predicted molar refractivity (Wildman–Crippen MR) is 129 cm³/mol. The molecule has 0 atom stereocenters. The van der Waals surface area contributed by atoms with Gasteiger partial charge >= 0.3 is 0 Å². The molecule has 1 amide bonds. The number of fused-ring (bicyclic) bond motifs is 1. The minimum Gasteiger partial charge on any atom is -0.497 e. The molecule has 3 aromatic carbocycles. The highest BCUT2D eigenvalue weighted by Crippen LogP contribution is 2.32. The van der Waals surface area contributed by atoms with Crippen LogP contribution in [0.5, 0.6) is 23.0 Å². The van der Waals surface area contributed by atoms with E-state index in [9.17, 15) is 4.79 Å². The third kappa shape index (κ3) is 4.97. The predicted octanol–water partition coefficient (Wildman–Crippen LogP) is 5.06. The van der Waals surface area contributed by atoms with Crippen LogP contribution in [0.15, 0.2) is 72.1 Å². The summed E-state index contributed by atoms with van der Waals surface area (Å²) in [5.74, 6) is 2.70. The number of thiazole rings is 1. The summed E-state index contributed by atoms with van der Waals surface area (Å²) in [6.07, 6.45) is 0. The normalized spacial score (nSPS) is 11.8. The van der Waals surface area contributed by atoms with E-state index >= 15 is 0 Å². The number of amides is 1. The van der Waals surface area contributed by atoms with Gasteiger partial charge < -0.3 is 24.3 Å². The van der Waals surface area contributed by atoms with Gasteiger partial charge in [-0.15, -0.1) is 11.3 Å². The summed E-state index contributed by atoms with van der Waals surface area (Å²) < 4.78 is 21.9. The van der Waals surface area contributed by atoms with Crippen LogP contribution in [0, 0.1) is 0 Å². The lowest BCUT2D eigenvalue weighted by Crippen LogP contribution is -2.23. The van der Waals surface area contributed by atoms with Crippen LogP contribution in [-0.2, 0) is 13.2 Å². The molecule has 0 saturated heterocycles. The van der Waals surface area contributed by atoms with Crippen molar-refractivity contribution in [2.45, 2.75) is 13.2 Å². The fraction of sp³-hybridized carbons (Fsp3) is 0.154. The Bertz CT molecular complexity index is 1320. The van der Waals surface area contributed by atoms with Crippen molar-refractivity contribution < 1.29 is 23.7 Å². The van der Waals surface area contributed by atoms with E-state index in [4.69, 9.17) is 18.9 Å². The Morgan fingerprint density at radius 1 is 1.00 bits per heavy atom. The maximum Gasteiger partial charge on any atom is 0.271 e. The second-order valence-corrected chi connectivity index (χ2v) is 8.43. The van der Waals surface area contributed by atoms with E-state index < -0.39 is 0 Å². The Labute approximate surface area is 200 Å². The Morgan fingerprint density at radius 3 is 2.76 bits per heavy atom. The molecule has 2 heterocycles. The van der Waals surface area contributed by atoms with Crippen LogP contribution >= 0.6 is 11.3 Å².